The molecular weight excluding hydrogens is 415 g/mol. The van der Waals surface area contributed by atoms with Gasteiger partial charge in [-0.2, -0.15) is 18.3 Å². The molecule has 0 unspecified atom stereocenters. The highest BCUT2D eigenvalue weighted by Crippen LogP contribution is 2.36. The SMILES string of the molecule is CCc1ncccc1-c1ccc2c(c1)-n1nc(-c3ccnc(C(F)(F)F)c3)cc1N(C)C2. The first-order chi connectivity index (χ1) is 15.3. The van der Waals surface area contributed by atoms with Crippen molar-refractivity contribution in [1.29, 1.82) is 0 Å². The van der Waals surface area contributed by atoms with Crippen molar-refractivity contribution in [2.75, 3.05) is 11.9 Å². The van der Waals surface area contributed by atoms with E-state index in [2.05, 4.69) is 40.2 Å². The van der Waals surface area contributed by atoms with Gasteiger partial charge < -0.3 is 4.90 Å². The van der Waals surface area contributed by atoms with E-state index in [1.165, 1.54) is 6.20 Å². The van der Waals surface area contributed by atoms with Crippen molar-refractivity contribution in [3.8, 4) is 28.1 Å². The van der Waals surface area contributed by atoms with Gasteiger partial charge in [-0.3, -0.25) is 9.97 Å². The first kappa shape index (κ1) is 20.2. The molecule has 162 valence electrons. The molecule has 0 saturated heterocycles. The lowest BCUT2D eigenvalue weighted by atomic mass is 9.99. The topological polar surface area (TPSA) is 46.8 Å². The van der Waals surface area contributed by atoms with Gasteiger partial charge in [-0.15, -0.1) is 0 Å². The van der Waals surface area contributed by atoms with E-state index < -0.39 is 11.9 Å². The van der Waals surface area contributed by atoms with Gasteiger partial charge in [-0.1, -0.05) is 25.1 Å². The summed E-state index contributed by atoms with van der Waals surface area (Å²) < 4.78 is 41.2. The molecule has 4 heterocycles. The van der Waals surface area contributed by atoms with Gasteiger partial charge in [0.15, 0.2) is 0 Å². The summed E-state index contributed by atoms with van der Waals surface area (Å²) in [6.45, 7) is 2.75. The number of hydrogen-bond donors (Lipinski definition) is 0. The lowest BCUT2D eigenvalue weighted by molar-refractivity contribution is -0.141. The Morgan fingerprint density at radius 1 is 0.969 bits per heavy atom. The summed E-state index contributed by atoms with van der Waals surface area (Å²) in [5.74, 6) is 0.817. The standard InChI is InChI=1S/C24H20F3N5/c1-3-19-18(5-4-9-28-19)15-6-7-17-14-31(2)23-13-20(30-32(23)21(17)11-15)16-8-10-29-22(12-16)24(25,26)27/h4-13H,3,14H2,1-2H3. The number of alkyl halides is 3. The summed E-state index contributed by atoms with van der Waals surface area (Å²) in [7, 11) is 1.94. The van der Waals surface area contributed by atoms with Crippen molar-refractivity contribution in [2.45, 2.75) is 26.1 Å². The Balaban J connectivity index is 1.62. The first-order valence-corrected chi connectivity index (χ1v) is 10.3. The molecule has 5 nitrogen and oxygen atoms in total. The van der Waals surface area contributed by atoms with E-state index in [0.717, 1.165) is 46.4 Å². The molecule has 8 heteroatoms. The van der Waals surface area contributed by atoms with Crippen LogP contribution in [-0.2, 0) is 19.1 Å². The maximum atomic E-state index is 13.1. The molecule has 5 rings (SSSR count). The molecule has 0 bridgehead atoms. The molecule has 0 atom stereocenters. The third-order valence-corrected chi connectivity index (χ3v) is 5.68. The van der Waals surface area contributed by atoms with E-state index >= 15 is 0 Å². The van der Waals surface area contributed by atoms with Gasteiger partial charge in [0.25, 0.3) is 0 Å². The molecule has 4 aromatic rings. The van der Waals surface area contributed by atoms with Crippen LogP contribution in [0.15, 0.2) is 60.9 Å². The fraction of sp³-hybridized carbons (Fsp3) is 0.208. The third-order valence-electron chi connectivity index (χ3n) is 5.68. The molecule has 3 aromatic heterocycles. The lowest BCUT2D eigenvalue weighted by Crippen LogP contribution is -2.25. The van der Waals surface area contributed by atoms with Crippen LogP contribution in [0.3, 0.4) is 0 Å². The largest absolute Gasteiger partial charge is 0.433 e. The predicted octanol–water partition coefficient (Wildman–Crippen LogP) is 5.53. The summed E-state index contributed by atoms with van der Waals surface area (Å²) in [4.78, 5) is 9.97. The average molecular weight is 435 g/mol. The highest BCUT2D eigenvalue weighted by Gasteiger charge is 2.33. The number of benzene rings is 1. The van der Waals surface area contributed by atoms with Crippen LogP contribution in [0.2, 0.25) is 0 Å². The molecule has 1 aliphatic rings. The quantitative estimate of drug-likeness (QED) is 0.425. The molecule has 0 amide bonds. The van der Waals surface area contributed by atoms with E-state index in [1.54, 1.807) is 16.9 Å². The number of aromatic nitrogens is 4. The molecular formula is C24H20F3N5. The fourth-order valence-corrected chi connectivity index (χ4v) is 4.09. The minimum absolute atomic E-state index is 0.376. The Labute approximate surface area is 183 Å². The number of rotatable bonds is 3. The predicted molar refractivity (Wildman–Crippen MR) is 117 cm³/mol. The molecule has 0 spiro atoms. The van der Waals surface area contributed by atoms with E-state index in [9.17, 15) is 13.2 Å². The Morgan fingerprint density at radius 2 is 1.81 bits per heavy atom. The van der Waals surface area contributed by atoms with E-state index in [-0.39, 0.29) is 0 Å². The first-order valence-electron chi connectivity index (χ1n) is 10.3. The minimum atomic E-state index is -4.51. The molecule has 1 aromatic carbocycles. The molecule has 1 aliphatic heterocycles. The van der Waals surface area contributed by atoms with Gasteiger partial charge >= 0.3 is 6.18 Å². The van der Waals surface area contributed by atoms with Crippen LogP contribution >= 0.6 is 0 Å². The van der Waals surface area contributed by atoms with Crippen molar-refractivity contribution >= 4 is 5.82 Å². The van der Waals surface area contributed by atoms with E-state index in [1.807, 2.05) is 30.1 Å². The highest BCUT2D eigenvalue weighted by molar-refractivity contribution is 5.73. The van der Waals surface area contributed by atoms with Gasteiger partial charge in [0.05, 0.1) is 11.4 Å². The molecule has 0 radical (unpaired) electrons. The van der Waals surface area contributed by atoms with Crippen molar-refractivity contribution in [1.82, 2.24) is 19.7 Å². The lowest BCUT2D eigenvalue weighted by Gasteiger charge is -2.28. The second-order valence-corrected chi connectivity index (χ2v) is 7.78. The van der Waals surface area contributed by atoms with Crippen molar-refractivity contribution in [3.05, 3.63) is 77.9 Å². The maximum absolute atomic E-state index is 13.1. The van der Waals surface area contributed by atoms with Crippen LogP contribution < -0.4 is 4.90 Å². The van der Waals surface area contributed by atoms with E-state index in [0.29, 0.717) is 17.8 Å². The number of fused-ring (bicyclic) bond motifs is 3. The van der Waals surface area contributed by atoms with Gasteiger partial charge in [0.1, 0.15) is 11.5 Å². The van der Waals surface area contributed by atoms with Crippen molar-refractivity contribution in [2.24, 2.45) is 0 Å². The Kier molecular flexibility index (Phi) is 4.73. The van der Waals surface area contributed by atoms with Crippen molar-refractivity contribution < 1.29 is 13.2 Å². The number of anilines is 1. The summed E-state index contributed by atoms with van der Waals surface area (Å²) in [6, 6.07) is 14.6. The van der Waals surface area contributed by atoms with Gasteiger partial charge in [0, 0.05) is 48.9 Å². The molecule has 0 aliphatic carbocycles. The Bertz CT molecular complexity index is 1310. The third kappa shape index (κ3) is 3.41. The number of aryl methyl sites for hydroxylation is 1. The summed E-state index contributed by atoms with van der Waals surface area (Å²) in [5, 5.41) is 4.68. The second kappa shape index (κ2) is 7.47. The number of halogens is 3. The normalized spacial score (nSPS) is 13.1. The van der Waals surface area contributed by atoms with Gasteiger partial charge in [-0.25, -0.2) is 4.68 Å². The Hall–Kier alpha value is -3.68. The summed E-state index contributed by atoms with van der Waals surface area (Å²) in [6.07, 6.45) is -0.733. The van der Waals surface area contributed by atoms with Crippen molar-refractivity contribution in [3.63, 3.8) is 0 Å². The zero-order chi connectivity index (χ0) is 22.5. The van der Waals surface area contributed by atoms with Crippen LogP contribution in [0.4, 0.5) is 19.0 Å². The highest BCUT2D eigenvalue weighted by atomic mass is 19.4. The number of nitrogens with zero attached hydrogens (tertiary/aromatic N) is 5. The minimum Gasteiger partial charge on any atom is -0.355 e. The zero-order valence-electron chi connectivity index (χ0n) is 17.6. The van der Waals surface area contributed by atoms with Crippen LogP contribution in [-0.4, -0.2) is 26.8 Å². The molecule has 0 saturated carbocycles. The molecule has 32 heavy (non-hydrogen) atoms. The van der Waals surface area contributed by atoms with Crippen LogP contribution in [0.5, 0.6) is 0 Å². The van der Waals surface area contributed by atoms with Crippen LogP contribution in [0.25, 0.3) is 28.1 Å². The molecule has 0 N–H and O–H groups in total. The Morgan fingerprint density at radius 3 is 2.59 bits per heavy atom. The van der Waals surface area contributed by atoms with Crippen LogP contribution in [0.1, 0.15) is 23.9 Å². The summed E-state index contributed by atoms with van der Waals surface area (Å²) >= 11 is 0. The van der Waals surface area contributed by atoms with Crippen LogP contribution in [0, 0.1) is 0 Å². The monoisotopic (exact) mass is 435 g/mol. The number of hydrogen-bond acceptors (Lipinski definition) is 4. The fourth-order valence-electron chi connectivity index (χ4n) is 4.09. The average Bonchev–Trinajstić information content (AvgIpc) is 3.25. The van der Waals surface area contributed by atoms with E-state index in [4.69, 9.17) is 0 Å². The summed E-state index contributed by atoms with van der Waals surface area (Å²) in [5.41, 5.74) is 5.02. The maximum Gasteiger partial charge on any atom is 0.433 e. The smallest absolute Gasteiger partial charge is 0.355 e. The molecule has 0 fully saturated rings. The second-order valence-electron chi connectivity index (χ2n) is 7.78. The van der Waals surface area contributed by atoms with Gasteiger partial charge in [-0.05, 0) is 41.8 Å². The number of pyridine rings is 2. The zero-order valence-corrected chi connectivity index (χ0v) is 17.6. The van der Waals surface area contributed by atoms with Gasteiger partial charge in [0.2, 0.25) is 0 Å².